The number of aliphatic hydroxyl groups is 1. The van der Waals surface area contributed by atoms with E-state index < -0.39 is 5.60 Å². The average molecular weight is 388 g/mol. The highest BCUT2D eigenvalue weighted by molar-refractivity contribution is 7.15. The summed E-state index contributed by atoms with van der Waals surface area (Å²) < 4.78 is 7.59. The highest BCUT2D eigenvalue weighted by Crippen LogP contribution is 2.38. The van der Waals surface area contributed by atoms with Crippen molar-refractivity contribution in [2.45, 2.75) is 59.6 Å². The van der Waals surface area contributed by atoms with Crippen molar-refractivity contribution < 1.29 is 9.84 Å². The van der Waals surface area contributed by atoms with E-state index in [0.717, 1.165) is 49.9 Å². The third-order valence-corrected chi connectivity index (χ3v) is 6.52. The van der Waals surface area contributed by atoms with Gasteiger partial charge in [0.25, 0.3) is 0 Å². The van der Waals surface area contributed by atoms with E-state index in [-0.39, 0.29) is 6.04 Å². The lowest BCUT2D eigenvalue weighted by atomic mass is 10.1. The predicted octanol–water partition coefficient (Wildman–Crippen LogP) is 4.91. The summed E-state index contributed by atoms with van der Waals surface area (Å²) >= 11 is 1.59. The van der Waals surface area contributed by atoms with Gasteiger partial charge in [0, 0.05) is 18.2 Å². The number of methoxy groups -OCH3 is 1. The Balaban J connectivity index is 2.17. The molecule has 27 heavy (non-hydrogen) atoms. The largest absolute Gasteiger partial charge is 0.385 e. The van der Waals surface area contributed by atoms with Crippen molar-refractivity contribution in [3.05, 3.63) is 34.0 Å². The number of hydrogen-bond acceptors (Lipinski definition) is 5. The standard InChI is InChI=1S/C21H29N3O2S/c1-8-15(11-26-7)24-10-13(3)17-20(24)22-14(4)18(23-17)19-12(2)9-16(27-19)21(5,6)25/h9-10,15,25H,8,11H2,1-7H3. The monoisotopic (exact) mass is 387 g/mol. The zero-order valence-electron chi connectivity index (χ0n) is 17.3. The van der Waals surface area contributed by atoms with E-state index in [0.29, 0.717) is 6.61 Å². The van der Waals surface area contributed by atoms with Gasteiger partial charge in [-0.15, -0.1) is 11.3 Å². The van der Waals surface area contributed by atoms with Gasteiger partial charge in [-0.2, -0.15) is 0 Å². The van der Waals surface area contributed by atoms with Crippen LogP contribution in [0.4, 0.5) is 0 Å². The van der Waals surface area contributed by atoms with Gasteiger partial charge in [-0.3, -0.25) is 0 Å². The molecule has 5 nitrogen and oxygen atoms in total. The zero-order chi connectivity index (χ0) is 19.9. The molecule has 6 heteroatoms. The second-order valence-electron chi connectivity index (χ2n) is 7.75. The number of ether oxygens (including phenoxy) is 1. The van der Waals surface area contributed by atoms with Gasteiger partial charge >= 0.3 is 0 Å². The van der Waals surface area contributed by atoms with E-state index >= 15 is 0 Å². The Bertz CT molecular complexity index is 966. The summed E-state index contributed by atoms with van der Waals surface area (Å²) in [5, 5.41) is 10.4. The van der Waals surface area contributed by atoms with Gasteiger partial charge in [0.2, 0.25) is 0 Å². The third-order valence-electron chi connectivity index (χ3n) is 4.96. The quantitative estimate of drug-likeness (QED) is 0.653. The molecular weight excluding hydrogens is 358 g/mol. The first kappa shape index (κ1) is 20.0. The lowest BCUT2D eigenvalue weighted by molar-refractivity contribution is 0.0825. The normalized spacial score (nSPS) is 13.5. The van der Waals surface area contributed by atoms with Crippen LogP contribution < -0.4 is 0 Å². The van der Waals surface area contributed by atoms with Gasteiger partial charge in [0.15, 0.2) is 5.65 Å². The maximum absolute atomic E-state index is 10.4. The van der Waals surface area contributed by atoms with Gasteiger partial charge in [-0.1, -0.05) is 6.92 Å². The van der Waals surface area contributed by atoms with Crippen molar-refractivity contribution in [3.8, 4) is 10.6 Å². The number of hydrogen-bond donors (Lipinski definition) is 1. The van der Waals surface area contributed by atoms with Crippen molar-refractivity contribution in [1.82, 2.24) is 14.5 Å². The first-order valence-corrected chi connectivity index (χ1v) is 10.2. The van der Waals surface area contributed by atoms with Crippen LogP contribution in [0.15, 0.2) is 12.3 Å². The van der Waals surface area contributed by atoms with Gasteiger partial charge in [0.1, 0.15) is 11.2 Å². The molecule has 0 amide bonds. The molecular formula is C21H29N3O2S. The molecule has 0 aliphatic heterocycles. The third kappa shape index (κ3) is 3.66. The van der Waals surface area contributed by atoms with Crippen molar-refractivity contribution in [1.29, 1.82) is 0 Å². The van der Waals surface area contributed by atoms with Crippen LogP contribution in [0.3, 0.4) is 0 Å². The van der Waals surface area contributed by atoms with Crippen LogP contribution >= 0.6 is 11.3 Å². The summed E-state index contributed by atoms with van der Waals surface area (Å²) in [6, 6.07) is 2.30. The van der Waals surface area contributed by atoms with E-state index in [4.69, 9.17) is 14.7 Å². The summed E-state index contributed by atoms with van der Waals surface area (Å²) in [5.74, 6) is 0. The lowest BCUT2D eigenvalue weighted by Crippen LogP contribution is -2.13. The van der Waals surface area contributed by atoms with Crippen molar-refractivity contribution in [2.75, 3.05) is 13.7 Å². The number of aryl methyl sites for hydroxylation is 3. The first-order valence-electron chi connectivity index (χ1n) is 9.35. The van der Waals surface area contributed by atoms with Crippen LogP contribution in [0.2, 0.25) is 0 Å². The van der Waals surface area contributed by atoms with Gasteiger partial charge in [0.05, 0.1) is 28.8 Å². The highest BCUT2D eigenvalue weighted by Gasteiger charge is 2.23. The maximum atomic E-state index is 10.4. The summed E-state index contributed by atoms with van der Waals surface area (Å²) in [4.78, 5) is 11.9. The fraction of sp³-hybridized carbons (Fsp3) is 0.524. The Morgan fingerprint density at radius 1 is 1.22 bits per heavy atom. The molecule has 1 atom stereocenters. The molecule has 1 N–H and O–H groups in total. The van der Waals surface area contributed by atoms with E-state index in [1.807, 2.05) is 20.8 Å². The van der Waals surface area contributed by atoms with Crippen LogP contribution in [0.25, 0.3) is 21.7 Å². The Labute approximate surface area is 165 Å². The maximum Gasteiger partial charge on any atom is 0.159 e. The predicted molar refractivity (Wildman–Crippen MR) is 112 cm³/mol. The minimum Gasteiger partial charge on any atom is -0.385 e. The Morgan fingerprint density at radius 2 is 1.93 bits per heavy atom. The number of aromatic nitrogens is 3. The molecule has 0 radical (unpaired) electrons. The smallest absolute Gasteiger partial charge is 0.159 e. The van der Waals surface area contributed by atoms with Crippen LogP contribution in [-0.2, 0) is 10.3 Å². The molecule has 146 valence electrons. The number of nitrogens with zero attached hydrogens (tertiary/aromatic N) is 3. The molecule has 0 aromatic carbocycles. The summed E-state index contributed by atoms with van der Waals surface area (Å²) in [6.45, 7) is 12.6. The summed E-state index contributed by atoms with van der Waals surface area (Å²) in [7, 11) is 1.73. The molecule has 3 rings (SSSR count). The molecule has 0 saturated heterocycles. The topological polar surface area (TPSA) is 60.2 Å². The fourth-order valence-corrected chi connectivity index (χ4v) is 4.60. The fourth-order valence-electron chi connectivity index (χ4n) is 3.38. The van der Waals surface area contributed by atoms with Gasteiger partial charge < -0.3 is 14.4 Å². The Hall–Kier alpha value is -1.76. The van der Waals surface area contributed by atoms with E-state index in [1.165, 1.54) is 0 Å². The van der Waals surface area contributed by atoms with Crippen molar-refractivity contribution >= 4 is 22.5 Å². The molecule has 1 unspecified atom stereocenters. The minimum absolute atomic E-state index is 0.246. The second kappa shape index (κ2) is 7.34. The van der Waals surface area contributed by atoms with Crippen LogP contribution in [0, 0.1) is 20.8 Å². The minimum atomic E-state index is -0.854. The SMILES string of the molecule is CCC(COC)n1cc(C)c2nc(-c3sc(C(C)(C)O)cc3C)c(C)nc21. The molecule has 0 aliphatic carbocycles. The lowest BCUT2D eigenvalue weighted by Gasteiger charge is -2.17. The Kier molecular flexibility index (Phi) is 5.43. The first-order chi connectivity index (χ1) is 12.7. The molecule has 0 aliphatic rings. The summed E-state index contributed by atoms with van der Waals surface area (Å²) in [5.41, 5.74) is 5.04. The zero-order valence-corrected chi connectivity index (χ0v) is 18.1. The molecule has 0 fully saturated rings. The van der Waals surface area contributed by atoms with Crippen LogP contribution in [-0.4, -0.2) is 33.4 Å². The summed E-state index contributed by atoms with van der Waals surface area (Å²) in [6.07, 6.45) is 3.10. The van der Waals surface area contributed by atoms with E-state index in [2.05, 4.69) is 37.6 Å². The molecule has 3 aromatic rings. The highest BCUT2D eigenvalue weighted by atomic mass is 32.1. The number of fused-ring (bicyclic) bond motifs is 1. The molecule has 0 saturated carbocycles. The van der Waals surface area contributed by atoms with Crippen molar-refractivity contribution in [3.63, 3.8) is 0 Å². The Morgan fingerprint density at radius 3 is 2.48 bits per heavy atom. The van der Waals surface area contributed by atoms with Gasteiger partial charge in [-0.25, -0.2) is 9.97 Å². The van der Waals surface area contributed by atoms with Crippen molar-refractivity contribution in [2.24, 2.45) is 0 Å². The average Bonchev–Trinajstić information content (AvgIpc) is 3.12. The van der Waals surface area contributed by atoms with Gasteiger partial charge in [-0.05, 0) is 58.2 Å². The number of thiophene rings is 1. The van der Waals surface area contributed by atoms with Crippen LogP contribution in [0.5, 0.6) is 0 Å². The number of rotatable bonds is 6. The molecule has 3 aromatic heterocycles. The molecule has 3 heterocycles. The van der Waals surface area contributed by atoms with Crippen LogP contribution in [0.1, 0.15) is 54.9 Å². The van der Waals surface area contributed by atoms with E-state index in [1.54, 1.807) is 18.4 Å². The second-order valence-corrected chi connectivity index (χ2v) is 8.80. The molecule has 0 spiro atoms. The molecule has 0 bridgehead atoms. The van der Waals surface area contributed by atoms with E-state index in [9.17, 15) is 5.11 Å².